The zero-order chi connectivity index (χ0) is 18.9. The van der Waals surface area contributed by atoms with E-state index < -0.39 is 0 Å². The van der Waals surface area contributed by atoms with Gasteiger partial charge in [-0.05, 0) is 80.4 Å². The number of likely N-dealkylation sites (tertiary alicyclic amines) is 1. The van der Waals surface area contributed by atoms with Gasteiger partial charge in [0.25, 0.3) is 0 Å². The standard InChI is InChI=1S/C23H25N5/c1-28-10-7-16(8-11-28)14-25-21-6-9-24-20-4-2-17(12-19(20)21)18-3-5-22-23(13-18)27-15-26-22/h2-6,9,12-13,15-16H,7-8,10-11,14H2,1H3,(H,24,25)(H,26,27). The molecule has 4 aromatic rings. The maximum Gasteiger partial charge on any atom is 0.0931 e. The highest BCUT2D eigenvalue weighted by atomic mass is 15.1. The average molecular weight is 371 g/mol. The molecule has 2 aromatic heterocycles. The van der Waals surface area contributed by atoms with Gasteiger partial charge in [0.1, 0.15) is 0 Å². The van der Waals surface area contributed by atoms with Crippen LogP contribution < -0.4 is 5.32 Å². The number of hydrogen-bond donors (Lipinski definition) is 2. The molecular formula is C23H25N5. The highest BCUT2D eigenvalue weighted by Gasteiger charge is 2.16. The Bertz CT molecular complexity index is 1110. The van der Waals surface area contributed by atoms with Gasteiger partial charge in [-0.25, -0.2) is 4.98 Å². The maximum absolute atomic E-state index is 4.56. The van der Waals surface area contributed by atoms with Gasteiger partial charge in [-0.2, -0.15) is 0 Å². The molecule has 0 aliphatic carbocycles. The third-order valence-corrected chi connectivity index (χ3v) is 5.91. The first-order valence-corrected chi connectivity index (χ1v) is 10.0. The van der Waals surface area contributed by atoms with Crippen molar-refractivity contribution in [1.29, 1.82) is 0 Å². The summed E-state index contributed by atoms with van der Waals surface area (Å²) in [7, 11) is 2.21. The predicted octanol–water partition coefficient (Wildman–Crippen LogP) is 4.53. The lowest BCUT2D eigenvalue weighted by Crippen LogP contribution is -2.32. The van der Waals surface area contributed by atoms with Gasteiger partial charge >= 0.3 is 0 Å². The monoisotopic (exact) mass is 371 g/mol. The molecule has 1 aliphatic heterocycles. The van der Waals surface area contributed by atoms with Crippen LogP contribution in [0.3, 0.4) is 0 Å². The molecule has 0 unspecified atom stereocenters. The fraction of sp³-hybridized carbons (Fsp3) is 0.304. The van der Waals surface area contributed by atoms with E-state index in [1.165, 1.54) is 48.1 Å². The van der Waals surface area contributed by atoms with E-state index in [1.54, 1.807) is 6.33 Å². The lowest BCUT2D eigenvalue weighted by molar-refractivity contribution is 0.226. The van der Waals surface area contributed by atoms with Gasteiger partial charge in [0.2, 0.25) is 0 Å². The van der Waals surface area contributed by atoms with Crippen LogP contribution in [0.25, 0.3) is 33.1 Å². The number of imidazole rings is 1. The lowest BCUT2D eigenvalue weighted by atomic mass is 9.97. The second-order valence-corrected chi connectivity index (χ2v) is 7.85. The number of anilines is 1. The van der Waals surface area contributed by atoms with Crippen molar-refractivity contribution in [2.24, 2.45) is 5.92 Å². The van der Waals surface area contributed by atoms with Gasteiger partial charge in [-0.15, -0.1) is 0 Å². The normalized spacial score (nSPS) is 16.0. The summed E-state index contributed by atoms with van der Waals surface area (Å²) in [5.74, 6) is 0.741. The third-order valence-electron chi connectivity index (χ3n) is 5.91. The second kappa shape index (κ2) is 7.24. The summed E-state index contributed by atoms with van der Waals surface area (Å²) in [4.78, 5) is 14.5. The minimum Gasteiger partial charge on any atom is -0.384 e. The van der Waals surface area contributed by atoms with Crippen LogP contribution in [-0.4, -0.2) is 46.5 Å². The highest BCUT2D eigenvalue weighted by molar-refractivity contribution is 5.95. The molecule has 2 aromatic carbocycles. The summed E-state index contributed by atoms with van der Waals surface area (Å²) >= 11 is 0. The highest BCUT2D eigenvalue weighted by Crippen LogP contribution is 2.30. The summed E-state index contributed by atoms with van der Waals surface area (Å²) in [5, 5.41) is 4.88. The number of aromatic amines is 1. The Labute approximate surface area is 164 Å². The van der Waals surface area contributed by atoms with E-state index in [0.29, 0.717) is 0 Å². The predicted molar refractivity (Wildman–Crippen MR) is 116 cm³/mol. The van der Waals surface area contributed by atoms with Crippen molar-refractivity contribution in [3.05, 3.63) is 55.0 Å². The van der Waals surface area contributed by atoms with Gasteiger partial charge in [0, 0.05) is 23.8 Å². The van der Waals surface area contributed by atoms with Gasteiger partial charge in [-0.3, -0.25) is 4.98 Å². The number of pyridine rings is 1. The van der Waals surface area contributed by atoms with Crippen LogP contribution in [-0.2, 0) is 0 Å². The number of nitrogens with zero attached hydrogens (tertiary/aromatic N) is 3. The molecule has 0 atom stereocenters. The number of aromatic nitrogens is 3. The first-order chi connectivity index (χ1) is 13.8. The van der Waals surface area contributed by atoms with E-state index in [1.807, 2.05) is 6.20 Å². The maximum atomic E-state index is 4.56. The van der Waals surface area contributed by atoms with Crippen molar-refractivity contribution < 1.29 is 0 Å². The largest absolute Gasteiger partial charge is 0.384 e. The zero-order valence-corrected chi connectivity index (χ0v) is 16.2. The molecule has 3 heterocycles. The molecule has 0 saturated carbocycles. The van der Waals surface area contributed by atoms with Gasteiger partial charge in [0.15, 0.2) is 0 Å². The Kier molecular flexibility index (Phi) is 4.45. The molecule has 5 heteroatoms. The Morgan fingerprint density at radius 2 is 1.79 bits per heavy atom. The van der Waals surface area contributed by atoms with Crippen molar-refractivity contribution in [2.75, 3.05) is 32.0 Å². The summed E-state index contributed by atoms with van der Waals surface area (Å²) < 4.78 is 0. The molecule has 1 aliphatic rings. The Morgan fingerprint density at radius 3 is 2.64 bits per heavy atom. The average Bonchev–Trinajstić information content (AvgIpc) is 3.21. The molecule has 5 nitrogen and oxygen atoms in total. The molecule has 0 bridgehead atoms. The summed E-state index contributed by atoms with van der Waals surface area (Å²) in [6.45, 7) is 3.42. The van der Waals surface area contributed by atoms with Crippen LogP contribution in [0.5, 0.6) is 0 Å². The van der Waals surface area contributed by atoms with Gasteiger partial charge in [-0.1, -0.05) is 12.1 Å². The minimum atomic E-state index is 0.741. The van der Waals surface area contributed by atoms with E-state index in [4.69, 9.17) is 0 Å². The summed E-state index contributed by atoms with van der Waals surface area (Å²) in [6.07, 6.45) is 6.17. The smallest absolute Gasteiger partial charge is 0.0931 e. The molecule has 0 amide bonds. The van der Waals surface area contributed by atoms with Crippen LogP contribution in [0, 0.1) is 5.92 Å². The van der Waals surface area contributed by atoms with Gasteiger partial charge in [0.05, 0.1) is 22.9 Å². The van der Waals surface area contributed by atoms with Crippen LogP contribution in [0.4, 0.5) is 5.69 Å². The number of benzene rings is 2. The van der Waals surface area contributed by atoms with Crippen molar-refractivity contribution in [2.45, 2.75) is 12.8 Å². The first kappa shape index (κ1) is 17.2. The fourth-order valence-corrected chi connectivity index (χ4v) is 4.12. The molecule has 0 spiro atoms. The van der Waals surface area contributed by atoms with Crippen LogP contribution in [0.1, 0.15) is 12.8 Å². The van der Waals surface area contributed by atoms with E-state index >= 15 is 0 Å². The Hall–Kier alpha value is -2.92. The van der Waals surface area contributed by atoms with Crippen LogP contribution >= 0.6 is 0 Å². The quantitative estimate of drug-likeness (QED) is 0.553. The number of rotatable bonds is 4. The topological polar surface area (TPSA) is 56.8 Å². The van der Waals surface area contributed by atoms with Crippen molar-refractivity contribution in [3.8, 4) is 11.1 Å². The van der Waals surface area contributed by atoms with E-state index in [9.17, 15) is 0 Å². The Balaban J connectivity index is 1.44. The lowest BCUT2D eigenvalue weighted by Gasteiger charge is -2.29. The number of H-pyrrole nitrogens is 1. The summed E-state index contributed by atoms with van der Waals surface area (Å²) in [5.41, 5.74) is 6.63. The van der Waals surface area contributed by atoms with Crippen LogP contribution in [0.15, 0.2) is 55.0 Å². The second-order valence-electron chi connectivity index (χ2n) is 7.85. The van der Waals surface area contributed by atoms with Crippen molar-refractivity contribution >= 4 is 27.6 Å². The number of hydrogen-bond acceptors (Lipinski definition) is 4. The van der Waals surface area contributed by atoms with E-state index in [0.717, 1.165) is 29.0 Å². The number of fused-ring (bicyclic) bond motifs is 2. The molecule has 142 valence electrons. The minimum absolute atomic E-state index is 0.741. The van der Waals surface area contributed by atoms with E-state index in [-0.39, 0.29) is 0 Å². The van der Waals surface area contributed by atoms with Crippen molar-refractivity contribution in [3.63, 3.8) is 0 Å². The molecule has 1 fully saturated rings. The SMILES string of the molecule is CN1CCC(CNc2ccnc3ccc(-c4ccc5nc[nH]c5c4)cc23)CC1. The number of nitrogens with one attached hydrogen (secondary N) is 2. The molecular weight excluding hydrogens is 346 g/mol. The van der Waals surface area contributed by atoms with Gasteiger partial charge < -0.3 is 15.2 Å². The molecule has 2 N–H and O–H groups in total. The van der Waals surface area contributed by atoms with Crippen LogP contribution in [0.2, 0.25) is 0 Å². The molecule has 1 saturated heterocycles. The fourth-order valence-electron chi connectivity index (χ4n) is 4.12. The zero-order valence-electron chi connectivity index (χ0n) is 16.2. The van der Waals surface area contributed by atoms with Crippen molar-refractivity contribution in [1.82, 2.24) is 19.9 Å². The van der Waals surface area contributed by atoms with E-state index in [2.05, 4.69) is 74.7 Å². The Morgan fingerprint density at radius 1 is 1.00 bits per heavy atom. The molecule has 0 radical (unpaired) electrons. The number of piperidine rings is 1. The molecule has 5 rings (SSSR count). The third kappa shape index (κ3) is 3.34. The first-order valence-electron chi connectivity index (χ1n) is 10.0. The summed E-state index contributed by atoms with van der Waals surface area (Å²) in [6, 6.07) is 15.0. The molecule has 28 heavy (non-hydrogen) atoms.